The molecule has 0 spiro atoms. The molecule has 23 heavy (non-hydrogen) atoms. The predicted molar refractivity (Wildman–Crippen MR) is 87.1 cm³/mol. The van der Waals surface area contributed by atoms with Gasteiger partial charge in [-0.2, -0.15) is 0 Å². The van der Waals surface area contributed by atoms with Crippen molar-refractivity contribution in [3.63, 3.8) is 0 Å². The van der Waals surface area contributed by atoms with Crippen molar-refractivity contribution >= 4 is 11.6 Å². The molecule has 0 aliphatic rings. The SMILES string of the molecule is COc1cccc(NC(=O)Cn2cc(-c3ccccc3)nn2)c1. The Morgan fingerprint density at radius 1 is 1.17 bits per heavy atom. The van der Waals surface area contributed by atoms with Crippen molar-refractivity contribution in [1.82, 2.24) is 15.0 Å². The third kappa shape index (κ3) is 3.74. The molecule has 0 saturated heterocycles. The van der Waals surface area contributed by atoms with Gasteiger partial charge in [0.05, 0.1) is 13.3 Å². The van der Waals surface area contributed by atoms with E-state index in [4.69, 9.17) is 4.74 Å². The minimum atomic E-state index is -0.178. The van der Waals surface area contributed by atoms with Gasteiger partial charge in [-0.3, -0.25) is 4.79 Å². The van der Waals surface area contributed by atoms with Crippen LogP contribution in [-0.4, -0.2) is 28.0 Å². The number of ether oxygens (including phenoxy) is 1. The molecule has 0 radical (unpaired) electrons. The minimum Gasteiger partial charge on any atom is -0.497 e. The Morgan fingerprint density at radius 3 is 2.78 bits per heavy atom. The van der Waals surface area contributed by atoms with Crippen molar-refractivity contribution in [2.24, 2.45) is 0 Å². The zero-order chi connectivity index (χ0) is 16.1. The number of methoxy groups -OCH3 is 1. The van der Waals surface area contributed by atoms with E-state index in [2.05, 4.69) is 15.6 Å². The fourth-order valence-electron chi connectivity index (χ4n) is 2.17. The molecular formula is C17H16N4O2. The number of aromatic nitrogens is 3. The monoisotopic (exact) mass is 308 g/mol. The highest BCUT2D eigenvalue weighted by Crippen LogP contribution is 2.17. The number of hydrogen-bond donors (Lipinski definition) is 1. The van der Waals surface area contributed by atoms with Crippen LogP contribution in [0.4, 0.5) is 5.69 Å². The van der Waals surface area contributed by atoms with Crippen LogP contribution in [0, 0.1) is 0 Å². The van der Waals surface area contributed by atoms with Crippen molar-refractivity contribution in [3.8, 4) is 17.0 Å². The summed E-state index contributed by atoms with van der Waals surface area (Å²) in [6, 6.07) is 16.9. The fraction of sp³-hybridized carbons (Fsp3) is 0.118. The van der Waals surface area contributed by atoms with E-state index in [-0.39, 0.29) is 12.5 Å². The van der Waals surface area contributed by atoms with E-state index in [0.717, 1.165) is 11.3 Å². The predicted octanol–water partition coefficient (Wildman–Crippen LogP) is 2.59. The molecule has 0 unspecified atom stereocenters. The number of carbonyl (C=O) groups is 1. The molecule has 116 valence electrons. The number of rotatable bonds is 5. The summed E-state index contributed by atoms with van der Waals surface area (Å²) >= 11 is 0. The summed E-state index contributed by atoms with van der Waals surface area (Å²) < 4.78 is 6.64. The summed E-state index contributed by atoms with van der Waals surface area (Å²) in [5.41, 5.74) is 2.38. The number of hydrogen-bond acceptors (Lipinski definition) is 4. The van der Waals surface area contributed by atoms with Crippen LogP contribution in [0.25, 0.3) is 11.3 Å². The Morgan fingerprint density at radius 2 is 2.00 bits per heavy atom. The largest absolute Gasteiger partial charge is 0.497 e. The highest BCUT2D eigenvalue weighted by Gasteiger charge is 2.08. The van der Waals surface area contributed by atoms with Crippen LogP contribution < -0.4 is 10.1 Å². The van der Waals surface area contributed by atoms with E-state index in [1.165, 1.54) is 4.68 Å². The zero-order valence-electron chi connectivity index (χ0n) is 12.6. The van der Waals surface area contributed by atoms with Gasteiger partial charge in [-0.25, -0.2) is 4.68 Å². The maximum atomic E-state index is 12.1. The third-order valence-electron chi connectivity index (χ3n) is 3.27. The molecule has 0 bridgehead atoms. The molecule has 6 nitrogen and oxygen atoms in total. The van der Waals surface area contributed by atoms with Gasteiger partial charge in [-0.1, -0.05) is 41.6 Å². The summed E-state index contributed by atoms with van der Waals surface area (Å²) in [4.78, 5) is 12.1. The Labute approximate surface area is 133 Å². The normalized spacial score (nSPS) is 10.3. The molecule has 3 aromatic rings. The molecule has 3 rings (SSSR count). The van der Waals surface area contributed by atoms with E-state index in [0.29, 0.717) is 11.4 Å². The number of nitrogens with zero attached hydrogens (tertiary/aromatic N) is 3. The number of anilines is 1. The van der Waals surface area contributed by atoms with Gasteiger partial charge in [0.25, 0.3) is 0 Å². The topological polar surface area (TPSA) is 69.0 Å². The van der Waals surface area contributed by atoms with Crippen LogP contribution in [0.15, 0.2) is 60.8 Å². The smallest absolute Gasteiger partial charge is 0.246 e. The van der Waals surface area contributed by atoms with Gasteiger partial charge in [-0.05, 0) is 12.1 Å². The summed E-state index contributed by atoms with van der Waals surface area (Å²) in [5.74, 6) is 0.512. The molecule has 0 fully saturated rings. The average Bonchev–Trinajstić information content (AvgIpc) is 3.04. The van der Waals surface area contributed by atoms with Crippen LogP contribution >= 0.6 is 0 Å². The molecule has 1 heterocycles. The molecule has 0 atom stereocenters. The molecule has 1 aromatic heterocycles. The van der Waals surface area contributed by atoms with E-state index in [9.17, 15) is 4.79 Å². The second-order valence-electron chi connectivity index (χ2n) is 4.95. The lowest BCUT2D eigenvalue weighted by Gasteiger charge is -2.06. The van der Waals surface area contributed by atoms with Crippen LogP contribution in [0.1, 0.15) is 0 Å². The van der Waals surface area contributed by atoms with E-state index < -0.39 is 0 Å². The zero-order valence-corrected chi connectivity index (χ0v) is 12.6. The molecule has 2 aromatic carbocycles. The second-order valence-corrected chi connectivity index (χ2v) is 4.95. The summed E-state index contributed by atoms with van der Waals surface area (Å²) in [6.07, 6.45) is 1.75. The lowest BCUT2D eigenvalue weighted by Crippen LogP contribution is -2.19. The van der Waals surface area contributed by atoms with Crippen LogP contribution in [0.3, 0.4) is 0 Å². The molecule has 1 amide bonds. The average molecular weight is 308 g/mol. The van der Waals surface area contributed by atoms with Crippen LogP contribution in [0.5, 0.6) is 5.75 Å². The van der Waals surface area contributed by atoms with Gasteiger partial charge >= 0.3 is 0 Å². The van der Waals surface area contributed by atoms with Crippen molar-refractivity contribution in [3.05, 3.63) is 60.8 Å². The van der Waals surface area contributed by atoms with E-state index in [1.807, 2.05) is 42.5 Å². The Hall–Kier alpha value is -3.15. The molecule has 1 N–H and O–H groups in total. The number of nitrogens with one attached hydrogen (secondary N) is 1. The summed E-state index contributed by atoms with van der Waals surface area (Å²) in [6.45, 7) is 0.0943. The van der Waals surface area contributed by atoms with Crippen molar-refractivity contribution < 1.29 is 9.53 Å². The lowest BCUT2D eigenvalue weighted by molar-refractivity contribution is -0.116. The minimum absolute atomic E-state index is 0.0943. The molecule has 6 heteroatoms. The standard InChI is InChI=1S/C17H16N4O2/c1-23-15-9-5-8-14(10-15)18-17(22)12-21-11-16(19-20-21)13-6-3-2-4-7-13/h2-11H,12H2,1H3,(H,18,22). The van der Waals surface area contributed by atoms with Gasteiger partial charge < -0.3 is 10.1 Å². The van der Waals surface area contributed by atoms with Gasteiger partial charge in [0.15, 0.2) is 0 Å². The van der Waals surface area contributed by atoms with E-state index >= 15 is 0 Å². The lowest BCUT2D eigenvalue weighted by atomic mass is 10.2. The maximum Gasteiger partial charge on any atom is 0.246 e. The first-order valence-corrected chi connectivity index (χ1v) is 7.14. The Kier molecular flexibility index (Phi) is 4.33. The van der Waals surface area contributed by atoms with Gasteiger partial charge in [0, 0.05) is 17.3 Å². The van der Waals surface area contributed by atoms with Gasteiger partial charge in [0.1, 0.15) is 18.0 Å². The Balaban J connectivity index is 1.65. The Bertz CT molecular complexity index is 799. The molecular weight excluding hydrogens is 292 g/mol. The van der Waals surface area contributed by atoms with Gasteiger partial charge in [0.2, 0.25) is 5.91 Å². The highest BCUT2D eigenvalue weighted by molar-refractivity contribution is 5.90. The molecule has 0 saturated carbocycles. The number of benzene rings is 2. The molecule has 0 aliphatic heterocycles. The summed E-state index contributed by atoms with van der Waals surface area (Å²) in [7, 11) is 1.58. The first kappa shape index (κ1) is 14.8. The van der Waals surface area contributed by atoms with E-state index in [1.54, 1.807) is 25.4 Å². The van der Waals surface area contributed by atoms with Crippen molar-refractivity contribution in [2.75, 3.05) is 12.4 Å². The van der Waals surface area contributed by atoms with Crippen LogP contribution in [-0.2, 0) is 11.3 Å². The second kappa shape index (κ2) is 6.74. The summed E-state index contributed by atoms with van der Waals surface area (Å²) in [5, 5.41) is 10.9. The molecule has 0 aliphatic carbocycles. The fourth-order valence-corrected chi connectivity index (χ4v) is 2.17. The maximum absolute atomic E-state index is 12.1. The first-order chi connectivity index (χ1) is 11.2. The van der Waals surface area contributed by atoms with Crippen LogP contribution in [0.2, 0.25) is 0 Å². The third-order valence-corrected chi connectivity index (χ3v) is 3.27. The quantitative estimate of drug-likeness (QED) is 0.786. The van der Waals surface area contributed by atoms with Gasteiger partial charge in [-0.15, -0.1) is 5.10 Å². The highest BCUT2D eigenvalue weighted by atomic mass is 16.5. The first-order valence-electron chi connectivity index (χ1n) is 7.14. The van der Waals surface area contributed by atoms with Crippen molar-refractivity contribution in [1.29, 1.82) is 0 Å². The number of carbonyl (C=O) groups excluding carboxylic acids is 1. The van der Waals surface area contributed by atoms with Crippen molar-refractivity contribution in [2.45, 2.75) is 6.54 Å². The number of amides is 1.